The second-order valence-corrected chi connectivity index (χ2v) is 17.0. The minimum absolute atomic E-state index is 0.0589. The molecule has 0 amide bonds. The van der Waals surface area contributed by atoms with Crippen molar-refractivity contribution < 1.29 is 106 Å². The van der Waals surface area contributed by atoms with Gasteiger partial charge in [0.1, 0.15) is 0 Å². The molecule has 0 radical (unpaired) electrons. The third-order valence-electron chi connectivity index (χ3n) is 9.82. The molecule has 5 N–H and O–H groups in total. The Balaban J connectivity index is 5.37. The van der Waals surface area contributed by atoms with Crippen molar-refractivity contribution >= 4 is 0 Å². The molecule has 0 saturated heterocycles. The lowest BCUT2D eigenvalue weighted by atomic mass is 10.1. The monoisotopic (exact) mass is 1050 g/mol. The number of rotatable bonds is 63. The lowest BCUT2D eigenvalue weighted by Gasteiger charge is -2.24. The first-order chi connectivity index (χ1) is 35.5. The summed E-state index contributed by atoms with van der Waals surface area (Å²) in [5, 5.41) is 46.5. The second-order valence-electron chi connectivity index (χ2n) is 17.0. The number of ether oxygens (including phenoxy) is 17. The maximum atomic E-state index is 9.40. The van der Waals surface area contributed by atoms with Crippen LogP contribution in [-0.2, 0) is 80.5 Å². The lowest BCUT2D eigenvalue weighted by molar-refractivity contribution is -0.0679. The van der Waals surface area contributed by atoms with Gasteiger partial charge in [-0.05, 0) is 12.8 Å². The smallest absolute Gasteiger partial charge is 0.0945 e. The summed E-state index contributed by atoms with van der Waals surface area (Å²) in [7, 11) is 0. The Morgan fingerprint density at radius 2 is 0.431 bits per heavy atom. The molecule has 22 nitrogen and oxygen atoms in total. The molecular formula is C50H100O22. The van der Waals surface area contributed by atoms with Crippen molar-refractivity contribution in [1.82, 2.24) is 0 Å². The highest BCUT2D eigenvalue weighted by Crippen LogP contribution is 2.11. The van der Waals surface area contributed by atoms with E-state index in [1.165, 1.54) is 6.26 Å². The van der Waals surface area contributed by atoms with E-state index in [0.717, 1.165) is 12.8 Å². The molecule has 0 aromatic heterocycles. The molecule has 432 valence electrons. The van der Waals surface area contributed by atoms with E-state index in [1.807, 2.05) is 0 Å². The maximum Gasteiger partial charge on any atom is 0.0945 e. The van der Waals surface area contributed by atoms with Gasteiger partial charge in [0.05, 0.1) is 244 Å². The minimum Gasteiger partial charge on any atom is -0.501 e. The van der Waals surface area contributed by atoms with Gasteiger partial charge in [0.25, 0.3) is 0 Å². The van der Waals surface area contributed by atoms with E-state index in [0.29, 0.717) is 145 Å². The Kier molecular flexibility index (Phi) is 57.9. The van der Waals surface area contributed by atoms with Gasteiger partial charge in [0.15, 0.2) is 0 Å². The summed E-state index contributed by atoms with van der Waals surface area (Å²) in [5.74, 6) is -0.815. The van der Waals surface area contributed by atoms with Crippen LogP contribution in [0.5, 0.6) is 0 Å². The van der Waals surface area contributed by atoms with Crippen LogP contribution in [0.4, 0.5) is 0 Å². The molecule has 0 aliphatic rings. The minimum atomic E-state index is -0.185. The van der Waals surface area contributed by atoms with Crippen LogP contribution in [0.3, 0.4) is 0 Å². The second kappa shape index (κ2) is 59.0. The van der Waals surface area contributed by atoms with Crippen LogP contribution in [0.25, 0.3) is 0 Å². The highest BCUT2D eigenvalue weighted by atomic mass is 16.6. The maximum absolute atomic E-state index is 9.40. The molecule has 5 unspecified atom stereocenters. The van der Waals surface area contributed by atoms with Crippen molar-refractivity contribution in [2.24, 2.45) is 35.5 Å². The predicted octanol–water partition coefficient (Wildman–Crippen LogP) is 0.891. The Hall–Kier alpha value is -1.30. The van der Waals surface area contributed by atoms with Crippen molar-refractivity contribution in [3.63, 3.8) is 0 Å². The van der Waals surface area contributed by atoms with Crippen molar-refractivity contribution in [1.29, 1.82) is 0 Å². The molecule has 0 fully saturated rings. The highest BCUT2D eigenvalue weighted by Gasteiger charge is 2.20. The molecular weight excluding hydrogens is 953 g/mol. The average Bonchev–Trinajstić information content (AvgIpc) is 3.38. The lowest BCUT2D eigenvalue weighted by Crippen LogP contribution is -2.30. The zero-order valence-electron chi connectivity index (χ0n) is 44.2. The Morgan fingerprint density at radius 1 is 0.250 bits per heavy atom. The van der Waals surface area contributed by atoms with Gasteiger partial charge in [-0.15, -0.1) is 0 Å². The summed E-state index contributed by atoms with van der Waals surface area (Å²) in [4.78, 5) is 0. The van der Waals surface area contributed by atoms with Gasteiger partial charge in [0.2, 0.25) is 0 Å². The molecule has 0 aliphatic carbocycles. The molecule has 0 aromatic rings. The topological polar surface area (TPSA) is 258 Å². The summed E-state index contributed by atoms with van der Waals surface area (Å²) in [6.07, 6.45) is 3.29. The van der Waals surface area contributed by atoms with Gasteiger partial charge in [-0.25, -0.2) is 0 Å². The van der Waals surface area contributed by atoms with E-state index >= 15 is 0 Å². The summed E-state index contributed by atoms with van der Waals surface area (Å²) in [5.41, 5.74) is 0. The van der Waals surface area contributed by atoms with Crippen LogP contribution in [-0.4, -0.2) is 277 Å². The van der Waals surface area contributed by atoms with E-state index in [4.69, 9.17) is 85.6 Å². The Bertz CT molecular complexity index is 1020. The molecule has 22 heteroatoms. The van der Waals surface area contributed by atoms with Crippen molar-refractivity contribution in [3.8, 4) is 0 Å². The first kappa shape index (κ1) is 70.7. The molecule has 0 spiro atoms. The van der Waals surface area contributed by atoms with Gasteiger partial charge in [-0.1, -0.05) is 20.4 Å². The molecule has 72 heavy (non-hydrogen) atoms. The predicted molar refractivity (Wildman–Crippen MR) is 266 cm³/mol. The third kappa shape index (κ3) is 49.6. The fourth-order valence-corrected chi connectivity index (χ4v) is 6.32. The molecule has 0 saturated carbocycles. The molecule has 0 aromatic carbocycles. The van der Waals surface area contributed by atoms with Gasteiger partial charge in [0, 0.05) is 48.7 Å². The first-order valence-corrected chi connectivity index (χ1v) is 26.0. The summed E-state index contributed by atoms with van der Waals surface area (Å²) in [6, 6.07) is 0. The van der Waals surface area contributed by atoms with Crippen LogP contribution < -0.4 is 0 Å². The molecule has 0 rings (SSSR count). The van der Waals surface area contributed by atoms with Gasteiger partial charge in [-0.3, -0.25) is 0 Å². The van der Waals surface area contributed by atoms with Crippen LogP contribution >= 0.6 is 0 Å². The normalized spacial score (nSPS) is 14.0. The Labute approximate surface area is 431 Å². The van der Waals surface area contributed by atoms with Crippen LogP contribution in [0.15, 0.2) is 12.8 Å². The first-order valence-electron chi connectivity index (χ1n) is 26.0. The molecule has 5 atom stereocenters. The van der Waals surface area contributed by atoms with E-state index in [-0.39, 0.29) is 141 Å². The summed E-state index contributed by atoms with van der Waals surface area (Å²) < 4.78 is 98.4. The fraction of sp³-hybridized carbons (Fsp3) is 0.960. The third-order valence-corrected chi connectivity index (χ3v) is 9.82. The van der Waals surface area contributed by atoms with Crippen LogP contribution in [0.1, 0.15) is 26.7 Å². The van der Waals surface area contributed by atoms with Gasteiger partial charge in [-0.2, -0.15) is 0 Å². The molecule has 0 bridgehead atoms. The van der Waals surface area contributed by atoms with E-state index < -0.39 is 0 Å². The number of hydrogen-bond acceptors (Lipinski definition) is 22. The average molecular weight is 1050 g/mol. The van der Waals surface area contributed by atoms with E-state index in [2.05, 4.69) is 20.4 Å². The zero-order valence-corrected chi connectivity index (χ0v) is 44.2. The van der Waals surface area contributed by atoms with Gasteiger partial charge >= 0.3 is 0 Å². The van der Waals surface area contributed by atoms with Crippen molar-refractivity contribution in [2.45, 2.75) is 26.7 Å². The largest absolute Gasteiger partial charge is 0.501 e. The van der Waals surface area contributed by atoms with Crippen LogP contribution in [0, 0.1) is 35.5 Å². The number of aliphatic hydroxyl groups is 5. The Morgan fingerprint density at radius 3 is 0.639 bits per heavy atom. The van der Waals surface area contributed by atoms with Gasteiger partial charge < -0.3 is 106 Å². The quantitative estimate of drug-likeness (QED) is 0.0419. The highest BCUT2D eigenvalue weighted by molar-refractivity contribution is 4.66. The zero-order chi connectivity index (χ0) is 52.5. The van der Waals surface area contributed by atoms with E-state index in [9.17, 15) is 20.4 Å². The van der Waals surface area contributed by atoms with Crippen molar-refractivity contribution in [2.75, 3.05) is 251 Å². The van der Waals surface area contributed by atoms with Crippen molar-refractivity contribution in [3.05, 3.63) is 12.8 Å². The van der Waals surface area contributed by atoms with Crippen LogP contribution in [0.2, 0.25) is 0 Å². The summed E-state index contributed by atoms with van der Waals surface area (Å²) >= 11 is 0. The number of aliphatic hydroxyl groups excluding tert-OH is 5. The fourth-order valence-electron chi connectivity index (χ4n) is 6.32. The number of hydrogen-bond donors (Lipinski definition) is 5. The standard InChI is InChI=1S/C50H100O22/c1-4-12-57-19-21-59-23-25-66-33-46(34-67-26-24-60-22-20-58-13-5-2)36-69-38-48(30-63-16-9-53)40-71-42-50(32-65-18-11-55)44-72-43-49(31-64-17-10-54)41-70-39-47(29-62-15-8-52)37-68-35-45(27-56-6-3)28-61-14-7-51/h6,45-55H,3-5,7-44H2,1-2H3. The SMILES string of the molecule is C=COCC(COCCO)COCC(COCCO)COCC(COCCO)COCC(COCCO)COCC(COCCO)COCC(COCCOCCOCCC)COCCOCCOCCC. The summed E-state index contributed by atoms with van der Waals surface area (Å²) in [6.45, 7) is 19.2. The molecule has 0 heterocycles. The van der Waals surface area contributed by atoms with E-state index in [1.54, 1.807) is 0 Å². The molecule has 0 aliphatic heterocycles.